The maximum atomic E-state index is 13.2. The lowest BCUT2D eigenvalue weighted by atomic mass is 9.88. The number of carbonyl (C=O) groups is 3. The third-order valence-corrected chi connectivity index (χ3v) is 6.96. The number of likely N-dealkylation sites (tertiary alicyclic amines) is 1. The van der Waals surface area contributed by atoms with Gasteiger partial charge in [0.1, 0.15) is 6.04 Å². The van der Waals surface area contributed by atoms with E-state index >= 15 is 0 Å². The van der Waals surface area contributed by atoms with Gasteiger partial charge in [0.15, 0.2) is 11.5 Å². The Bertz CT molecular complexity index is 1180. The van der Waals surface area contributed by atoms with E-state index in [0.717, 1.165) is 12.1 Å². The lowest BCUT2D eigenvalue weighted by Gasteiger charge is -2.36. The number of carbonyl (C=O) groups excluding carboxylic acids is 3. The molecule has 2 aliphatic heterocycles. The molecule has 2 aromatic rings. The molecule has 0 saturated carbocycles. The van der Waals surface area contributed by atoms with Gasteiger partial charge in [0, 0.05) is 30.3 Å². The van der Waals surface area contributed by atoms with Gasteiger partial charge in [0.25, 0.3) is 11.8 Å². The van der Waals surface area contributed by atoms with Crippen LogP contribution in [0, 0.1) is 5.92 Å². The van der Waals surface area contributed by atoms with E-state index in [9.17, 15) is 27.6 Å². The quantitative estimate of drug-likeness (QED) is 0.561. The first-order valence-electron chi connectivity index (χ1n) is 12.5. The molecule has 8 nitrogen and oxygen atoms in total. The molecule has 2 aliphatic rings. The molecule has 0 radical (unpaired) electrons. The molecular weight excluding hydrogens is 503 g/mol. The van der Waals surface area contributed by atoms with Crippen LogP contribution in [0.15, 0.2) is 42.5 Å². The first-order chi connectivity index (χ1) is 18.1. The Hall–Kier alpha value is -3.76. The molecule has 0 spiro atoms. The van der Waals surface area contributed by atoms with E-state index in [-0.39, 0.29) is 36.1 Å². The molecule has 2 aromatic carbocycles. The molecule has 4 rings (SSSR count). The van der Waals surface area contributed by atoms with Gasteiger partial charge < -0.3 is 25.0 Å². The van der Waals surface area contributed by atoms with Crippen molar-refractivity contribution in [1.82, 2.24) is 15.5 Å². The average Bonchev–Trinajstić information content (AvgIpc) is 3.39. The Labute approximate surface area is 218 Å². The number of amides is 3. The first-order valence-corrected chi connectivity index (χ1v) is 12.5. The monoisotopic (exact) mass is 533 g/mol. The van der Waals surface area contributed by atoms with Gasteiger partial charge in [0.05, 0.1) is 5.56 Å². The van der Waals surface area contributed by atoms with Crippen molar-refractivity contribution in [1.29, 1.82) is 0 Å². The second-order valence-corrected chi connectivity index (χ2v) is 9.54. The van der Waals surface area contributed by atoms with Gasteiger partial charge in [-0.15, -0.1) is 0 Å². The Balaban J connectivity index is 1.43. The number of hydrogen-bond donors (Lipinski definition) is 2. The average molecular weight is 534 g/mol. The van der Waals surface area contributed by atoms with Crippen LogP contribution in [0.1, 0.15) is 59.4 Å². The number of alkyl halides is 3. The number of piperidine rings is 1. The zero-order valence-corrected chi connectivity index (χ0v) is 21.1. The summed E-state index contributed by atoms with van der Waals surface area (Å²) >= 11 is 0. The standard InChI is InChI=1S/C27H30F3N3O5/c1-3-16(2)31-25(35)23(32-24(34)19-6-9-21-22(14-19)38-15-37-21)17-10-12-33(13-11-17)26(36)18-4-7-20(8-5-18)27(28,29)30/h4-9,14,16-17,23H,3,10-13,15H2,1-2H3,(H,31,35)(H,32,34)/t16-,23+/m0/s1. The third kappa shape index (κ3) is 6.20. The highest BCUT2D eigenvalue weighted by atomic mass is 19.4. The number of ether oxygens (including phenoxy) is 2. The van der Waals surface area contributed by atoms with Crippen molar-refractivity contribution in [3.8, 4) is 11.5 Å². The maximum Gasteiger partial charge on any atom is 0.416 e. The fourth-order valence-electron chi connectivity index (χ4n) is 4.51. The second-order valence-electron chi connectivity index (χ2n) is 9.54. The van der Waals surface area contributed by atoms with E-state index in [1.54, 1.807) is 23.1 Å². The molecule has 11 heteroatoms. The molecule has 38 heavy (non-hydrogen) atoms. The Morgan fingerprint density at radius 2 is 1.61 bits per heavy atom. The Kier molecular flexibility index (Phi) is 8.13. The lowest BCUT2D eigenvalue weighted by Crippen LogP contribution is -2.55. The van der Waals surface area contributed by atoms with E-state index < -0.39 is 23.7 Å². The summed E-state index contributed by atoms with van der Waals surface area (Å²) in [6, 6.07) is 8.00. The summed E-state index contributed by atoms with van der Waals surface area (Å²) in [7, 11) is 0. The number of benzene rings is 2. The van der Waals surface area contributed by atoms with Crippen LogP contribution in [0.5, 0.6) is 11.5 Å². The van der Waals surface area contributed by atoms with Crippen molar-refractivity contribution in [2.75, 3.05) is 19.9 Å². The molecule has 1 fully saturated rings. The van der Waals surface area contributed by atoms with E-state index in [2.05, 4.69) is 10.6 Å². The fourth-order valence-corrected chi connectivity index (χ4v) is 4.51. The van der Waals surface area contributed by atoms with E-state index in [4.69, 9.17) is 9.47 Å². The summed E-state index contributed by atoms with van der Waals surface area (Å²) < 4.78 is 49.2. The largest absolute Gasteiger partial charge is 0.454 e. The van der Waals surface area contributed by atoms with Crippen LogP contribution in [-0.4, -0.2) is 54.6 Å². The molecule has 0 unspecified atom stereocenters. The Morgan fingerprint density at radius 1 is 0.974 bits per heavy atom. The first kappa shape index (κ1) is 27.3. The molecule has 1 saturated heterocycles. The number of hydrogen-bond acceptors (Lipinski definition) is 5. The van der Waals surface area contributed by atoms with Crippen LogP contribution in [-0.2, 0) is 11.0 Å². The smallest absolute Gasteiger partial charge is 0.416 e. The highest BCUT2D eigenvalue weighted by Crippen LogP contribution is 2.33. The SMILES string of the molecule is CC[C@H](C)NC(=O)[C@H](NC(=O)c1ccc2c(c1)OCO2)C1CCN(C(=O)c2ccc(C(F)(F)F)cc2)CC1. The van der Waals surface area contributed by atoms with Crippen molar-refractivity contribution >= 4 is 17.7 Å². The summed E-state index contributed by atoms with van der Waals surface area (Å²) in [5.74, 6) is -0.362. The van der Waals surface area contributed by atoms with Gasteiger partial charge in [-0.3, -0.25) is 14.4 Å². The summed E-state index contributed by atoms with van der Waals surface area (Å²) in [6.07, 6.45) is -2.89. The molecular formula is C27H30F3N3O5. The van der Waals surface area contributed by atoms with Crippen LogP contribution in [0.25, 0.3) is 0 Å². The van der Waals surface area contributed by atoms with Crippen LogP contribution >= 0.6 is 0 Å². The zero-order valence-electron chi connectivity index (χ0n) is 21.1. The van der Waals surface area contributed by atoms with Gasteiger partial charge in [-0.05, 0) is 74.6 Å². The normalized spacial score (nSPS) is 17.0. The minimum atomic E-state index is -4.48. The van der Waals surface area contributed by atoms with Crippen molar-refractivity contribution in [2.24, 2.45) is 5.92 Å². The molecule has 2 atom stereocenters. The predicted molar refractivity (Wildman–Crippen MR) is 132 cm³/mol. The number of rotatable bonds is 7. The van der Waals surface area contributed by atoms with Gasteiger partial charge in [-0.25, -0.2) is 0 Å². The number of fused-ring (bicyclic) bond motifs is 1. The molecule has 0 aliphatic carbocycles. The van der Waals surface area contributed by atoms with Gasteiger partial charge in [0.2, 0.25) is 12.7 Å². The van der Waals surface area contributed by atoms with Gasteiger partial charge in [-0.1, -0.05) is 6.92 Å². The number of nitrogens with one attached hydrogen (secondary N) is 2. The zero-order chi connectivity index (χ0) is 27.4. The topological polar surface area (TPSA) is 97.0 Å². The molecule has 0 aromatic heterocycles. The van der Waals surface area contributed by atoms with Crippen molar-refractivity contribution in [2.45, 2.75) is 51.4 Å². The summed E-state index contributed by atoms with van der Waals surface area (Å²) in [4.78, 5) is 40.7. The minimum absolute atomic E-state index is 0.0735. The van der Waals surface area contributed by atoms with Crippen LogP contribution < -0.4 is 20.1 Å². The highest BCUT2D eigenvalue weighted by molar-refractivity contribution is 5.98. The highest BCUT2D eigenvalue weighted by Gasteiger charge is 2.35. The fraction of sp³-hybridized carbons (Fsp3) is 0.444. The van der Waals surface area contributed by atoms with Crippen molar-refractivity contribution < 1.29 is 37.0 Å². The van der Waals surface area contributed by atoms with Crippen LogP contribution in [0.2, 0.25) is 0 Å². The van der Waals surface area contributed by atoms with Crippen molar-refractivity contribution in [3.63, 3.8) is 0 Å². The predicted octanol–water partition coefficient (Wildman–Crippen LogP) is 4.00. The molecule has 2 N–H and O–H groups in total. The van der Waals surface area contributed by atoms with E-state index in [1.165, 1.54) is 12.1 Å². The second kappa shape index (κ2) is 11.3. The van der Waals surface area contributed by atoms with E-state index in [0.29, 0.717) is 49.4 Å². The Morgan fingerprint density at radius 3 is 2.24 bits per heavy atom. The third-order valence-electron chi connectivity index (χ3n) is 6.96. The van der Waals surface area contributed by atoms with Crippen molar-refractivity contribution in [3.05, 3.63) is 59.2 Å². The number of nitrogens with zero attached hydrogens (tertiary/aromatic N) is 1. The molecule has 3 amide bonds. The van der Waals surface area contributed by atoms with Gasteiger partial charge >= 0.3 is 6.18 Å². The minimum Gasteiger partial charge on any atom is -0.454 e. The summed E-state index contributed by atoms with van der Waals surface area (Å²) in [5.41, 5.74) is -0.328. The lowest BCUT2D eigenvalue weighted by molar-refractivity contribution is -0.137. The molecule has 0 bridgehead atoms. The van der Waals surface area contributed by atoms with Crippen LogP contribution in [0.3, 0.4) is 0 Å². The van der Waals surface area contributed by atoms with E-state index in [1.807, 2.05) is 13.8 Å². The summed E-state index contributed by atoms with van der Waals surface area (Å²) in [6.45, 7) is 4.50. The molecule has 204 valence electrons. The maximum absolute atomic E-state index is 13.2. The number of halogens is 3. The van der Waals surface area contributed by atoms with Crippen LogP contribution in [0.4, 0.5) is 13.2 Å². The van der Waals surface area contributed by atoms with Gasteiger partial charge in [-0.2, -0.15) is 13.2 Å². The molecule has 2 heterocycles. The summed E-state index contributed by atoms with van der Waals surface area (Å²) in [5, 5.41) is 5.79.